The molecular weight excluding hydrogens is 190 g/mol. The van der Waals surface area contributed by atoms with Crippen molar-refractivity contribution >= 4 is 21.7 Å². The number of aromatic amines is 1. The van der Waals surface area contributed by atoms with Crippen molar-refractivity contribution < 1.29 is 0 Å². The van der Waals surface area contributed by atoms with E-state index in [9.17, 15) is 4.79 Å². The van der Waals surface area contributed by atoms with E-state index in [1.165, 1.54) is 6.33 Å². The fourth-order valence-electron chi connectivity index (χ4n) is 1.70. The summed E-state index contributed by atoms with van der Waals surface area (Å²) < 4.78 is 0. The first kappa shape index (κ1) is 8.11. The topological polar surface area (TPSA) is 58.6 Å². The number of benzene rings is 1. The molecule has 2 aromatic heterocycles. The molecule has 1 N–H and O–H groups in total. The molecule has 0 saturated heterocycles. The van der Waals surface area contributed by atoms with Crippen molar-refractivity contribution in [3.8, 4) is 0 Å². The summed E-state index contributed by atoms with van der Waals surface area (Å²) in [5, 5.41) is 2.54. The SMILES string of the molecule is O=c1[nH]cnc2c1ccc1ccncc12. The molecule has 3 rings (SSSR count). The Labute approximate surface area is 84.6 Å². The van der Waals surface area contributed by atoms with Gasteiger partial charge in [-0.3, -0.25) is 9.78 Å². The van der Waals surface area contributed by atoms with Crippen LogP contribution in [-0.2, 0) is 0 Å². The minimum absolute atomic E-state index is 0.120. The standard InChI is InChI=1S/C11H7N3O/c15-11-8-2-1-7-3-4-12-5-9(7)10(8)13-6-14-11/h1-6H,(H,13,14,15). The van der Waals surface area contributed by atoms with E-state index in [0.717, 1.165) is 10.8 Å². The van der Waals surface area contributed by atoms with Gasteiger partial charge in [-0.15, -0.1) is 0 Å². The van der Waals surface area contributed by atoms with Gasteiger partial charge in [-0.05, 0) is 17.5 Å². The molecule has 0 fully saturated rings. The highest BCUT2D eigenvalue weighted by Gasteiger charge is 2.03. The Hall–Kier alpha value is -2.23. The first-order chi connectivity index (χ1) is 7.36. The number of aromatic nitrogens is 3. The molecule has 0 radical (unpaired) electrons. The van der Waals surface area contributed by atoms with Crippen LogP contribution in [0.2, 0.25) is 0 Å². The monoisotopic (exact) mass is 197 g/mol. The van der Waals surface area contributed by atoms with Crippen LogP contribution in [0.25, 0.3) is 21.7 Å². The van der Waals surface area contributed by atoms with Crippen LogP contribution in [0.5, 0.6) is 0 Å². The molecule has 4 nitrogen and oxygen atoms in total. The van der Waals surface area contributed by atoms with Gasteiger partial charge in [0.2, 0.25) is 0 Å². The average molecular weight is 197 g/mol. The van der Waals surface area contributed by atoms with Crippen molar-refractivity contribution in [1.29, 1.82) is 0 Å². The third-order valence-electron chi connectivity index (χ3n) is 2.43. The largest absolute Gasteiger partial charge is 0.313 e. The highest BCUT2D eigenvalue weighted by molar-refractivity contribution is 6.04. The van der Waals surface area contributed by atoms with Crippen LogP contribution >= 0.6 is 0 Å². The quantitative estimate of drug-likeness (QED) is 0.555. The zero-order valence-corrected chi connectivity index (χ0v) is 7.77. The van der Waals surface area contributed by atoms with Crippen LogP contribution in [-0.4, -0.2) is 15.0 Å². The van der Waals surface area contributed by atoms with Gasteiger partial charge in [0.1, 0.15) is 0 Å². The molecule has 0 aliphatic heterocycles. The average Bonchev–Trinajstić information content (AvgIpc) is 2.29. The number of fused-ring (bicyclic) bond motifs is 3. The lowest BCUT2D eigenvalue weighted by atomic mass is 10.1. The second kappa shape index (κ2) is 2.88. The zero-order chi connectivity index (χ0) is 10.3. The van der Waals surface area contributed by atoms with E-state index in [0.29, 0.717) is 10.9 Å². The second-order valence-corrected chi connectivity index (χ2v) is 3.29. The smallest absolute Gasteiger partial charge is 0.258 e. The summed E-state index contributed by atoms with van der Waals surface area (Å²) in [6.45, 7) is 0. The Bertz CT molecular complexity index is 703. The lowest BCUT2D eigenvalue weighted by Gasteiger charge is -2.00. The highest BCUT2D eigenvalue weighted by Crippen LogP contribution is 2.19. The second-order valence-electron chi connectivity index (χ2n) is 3.29. The Morgan fingerprint density at radius 3 is 3.00 bits per heavy atom. The molecular formula is C11H7N3O. The Kier molecular flexibility index (Phi) is 1.56. The molecule has 4 heteroatoms. The van der Waals surface area contributed by atoms with Crippen molar-refractivity contribution in [2.75, 3.05) is 0 Å². The fraction of sp³-hybridized carbons (Fsp3) is 0. The number of hydrogen-bond donors (Lipinski definition) is 1. The minimum Gasteiger partial charge on any atom is -0.313 e. The van der Waals surface area contributed by atoms with Gasteiger partial charge in [0.15, 0.2) is 0 Å². The van der Waals surface area contributed by atoms with Gasteiger partial charge in [0.05, 0.1) is 17.2 Å². The molecule has 0 spiro atoms. The van der Waals surface area contributed by atoms with E-state index in [-0.39, 0.29) is 5.56 Å². The summed E-state index contributed by atoms with van der Waals surface area (Å²) in [5.41, 5.74) is 0.579. The number of nitrogens with one attached hydrogen (secondary N) is 1. The lowest BCUT2D eigenvalue weighted by molar-refractivity contribution is 1.17. The molecule has 72 valence electrons. The van der Waals surface area contributed by atoms with Crippen LogP contribution in [0, 0.1) is 0 Å². The van der Waals surface area contributed by atoms with Crippen molar-refractivity contribution in [2.45, 2.75) is 0 Å². The molecule has 0 saturated carbocycles. The minimum atomic E-state index is -0.120. The molecule has 0 aliphatic carbocycles. The maximum Gasteiger partial charge on any atom is 0.258 e. The predicted molar refractivity (Wildman–Crippen MR) is 57.7 cm³/mol. The summed E-state index contributed by atoms with van der Waals surface area (Å²) in [6, 6.07) is 5.58. The van der Waals surface area contributed by atoms with Crippen molar-refractivity contribution in [2.24, 2.45) is 0 Å². The zero-order valence-electron chi connectivity index (χ0n) is 7.77. The van der Waals surface area contributed by atoms with Gasteiger partial charge < -0.3 is 4.98 Å². The maximum atomic E-state index is 11.5. The fourth-order valence-corrected chi connectivity index (χ4v) is 1.70. The number of rotatable bonds is 0. The van der Waals surface area contributed by atoms with E-state index < -0.39 is 0 Å². The van der Waals surface area contributed by atoms with Crippen LogP contribution in [0.1, 0.15) is 0 Å². The number of pyridine rings is 1. The molecule has 0 bridgehead atoms. The molecule has 0 unspecified atom stereocenters. The van der Waals surface area contributed by atoms with Crippen LogP contribution < -0.4 is 5.56 Å². The first-order valence-corrected chi connectivity index (χ1v) is 4.56. The normalized spacial score (nSPS) is 10.9. The third-order valence-corrected chi connectivity index (χ3v) is 2.43. The lowest BCUT2D eigenvalue weighted by Crippen LogP contribution is -2.06. The number of hydrogen-bond acceptors (Lipinski definition) is 3. The van der Waals surface area contributed by atoms with Gasteiger partial charge in [0.25, 0.3) is 5.56 Å². The van der Waals surface area contributed by atoms with E-state index in [1.807, 2.05) is 12.1 Å². The molecule has 2 heterocycles. The molecule has 15 heavy (non-hydrogen) atoms. The maximum absolute atomic E-state index is 11.5. The number of nitrogens with zero attached hydrogens (tertiary/aromatic N) is 2. The Balaban J connectivity index is 2.67. The number of H-pyrrole nitrogens is 1. The predicted octanol–water partition coefficient (Wildman–Crippen LogP) is 1.47. The van der Waals surface area contributed by atoms with Crippen molar-refractivity contribution in [3.05, 3.63) is 47.3 Å². The van der Waals surface area contributed by atoms with Crippen molar-refractivity contribution in [3.63, 3.8) is 0 Å². The summed E-state index contributed by atoms with van der Waals surface area (Å²) in [6.07, 6.45) is 4.86. The molecule has 3 aromatic rings. The molecule has 0 amide bonds. The summed E-state index contributed by atoms with van der Waals surface area (Å²) in [7, 11) is 0. The van der Waals surface area contributed by atoms with E-state index in [2.05, 4.69) is 15.0 Å². The highest BCUT2D eigenvalue weighted by atomic mass is 16.1. The van der Waals surface area contributed by atoms with Gasteiger partial charge in [-0.25, -0.2) is 4.98 Å². The van der Waals surface area contributed by atoms with E-state index in [4.69, 9.17) is 0 Å². The van der Waals surface area contributed by atoms with Crippen LogP contribution in [0.15, 0.2) is 41.7 Å². The molecule has 0 aliphatic rings. The third kappa shape index (κ3) is 1.11. The van der Waals surface area contributed by atoms with Gasteiger partial charge >= 0.3 is 0 Å². The molecule has 0 atom stereocenters. The summed E-state index contributed by atoms with van der Waals surface area (Å²) in [5.74, 6) is 0. The first-order valence-electron chi connectivity index (χ1n) is 4.56. The summed E-state index contributed by atoms with van der Waals surface area (Å²) >= 11 is 0. The van der Waals surface area contributed by atoms with Crippen LogP contribution in [0.4, 0.5) is 0 Å². The summed E-state index contributed by atoms with van der Waals surface area (Å²) in [4.78, 5) is 22.3. The molecule has 1 aromatic carbocycles. The van der Waals surface area contributed by atoms with Gasteiger partial charge in [0, 0.05) is 17.8 Å². The van der Waals surface area contributed by atoms with Crippen LogP contribution in [0.3, 0.4) is 0 Å². The van der Waals surface area contributed by atoms with Gasteiger partial charge in [-0.1, -0.05) is 6.07 Å². The van der Waals surface area contributed by atoms with E-state index >= 15 is 0 Å². The Morgan fingerprint density at radius 2 is 2.07 bits per heavy atom. The Morgan fingerprint density at radius 1 is 1.13 bits per heavy atom. The van der Waals surface area contributed by atoms with Crippen molar-refractivity contribution in [1.82, 2.24) is 15.0 Å². The van der Waals surface area contributed by atoms with Gasteiger partial charge in [-0.2, -0.15) is 0 Å². The van der Waals surface area contributed by atoms with E-state index in [1.54, 1.807) is 18.5 Å².